The zero-order valence-corrected chi connectivity index (χ0v) is 22.8. The van der Waals surface area contributed by atoms with Crippen molar-refractivity contribution in [3.05, 3.63) is 106 Å². The van der Waals surface area contributed by atoms with E-state index in [0.717, 1.165) is 16.5 Å². The molecule has 3 heterocycles. The van der Waals surface area contributed by atoms with Gasteiger partial charge in [0.25, 0.3) is 11.5 Å². The number of benzene rings is 2. The molecule has 9 heteroatoms. The number of carbonyl (C=O) groups is 1. The van der Waals surface area contributed by atoms with E-state index in [4.69, 9.17) is 4.74 Å². The summed E-state index contributed by atoms with van der Waals surface area (Å²) in [5.74, 6) is 0.792. The third kappa shape index (κ3) is 5.37. The number of anilines is 1. The van der Waals surface area contributed by atoms with Crippen LogP contribution < -0.4 is 15.6 Å². The molecule has 0 unspecified atom stereocenters. The van der Waals surface area contributed by atoms with Crippen molar-refractivity contribution in [2.45, 2.75) is 40.3 Å². The predicted octanol–water partition coefficient (Wildman–Crippen LogP) is 5.26. The Bertz CT molecular complexity index is 1720. The van der Waals surface area contributed by atoms with Gasteiger partial charge < -0.3 is 15.2 Å². The molecular formula is C31H31N5O4. The monoisotopic (exact) mass is 537 g/mol. The summed E-state index contributed by atoms with van der Waals surface area (Å²) >= 11 is 0. The van der Waals surface area contributed by atoms with E-state index in [1.54, 1.807) is 48.1 Å². The van der Waals surface area contributed by atoms with Gasteiger partial charge in [-0.1, -0.05) is 38.1 Å². The number of fused-ring (bicyclic) bond motifs is 1. The molecule has 1 amide bonds. The van der Waals surface area contributed by atoms with Crippen LogP contribution in [0.2, 0.25) is 0 Å². The van der Waals surface area contributed by atoms with Crippen LogP contribution in [-0.2, 0) is 6.54 Å². The van der Waals surface area contributed by atoms with E-state index < -0.39 is 17.6 Å². The van der Waals surface area contributed by atoms with Gasteiger partial charge in [0.1, 0.15) is 22.9 Å². The molecule has 0 bridgehead atoms. The molecule has 0 aliphatic rings. The first-order valence-electron chi connectivity index (χ1n) is 13.1. The summed E-state index contributed by atoms with van der Waals surface area (Å²) in [6, 6.07) is 20.1. The Morgan fingerprint density at radius 2 is 1.80 bits per heavy atom. The molecule has 0 radical (unpaired) electrons. The van der Waals surface area contributed by atoms with E-state index in [1.807, 2.05) is 57.2 Å². The Morgan fingerprint density at radius 1 is 1.02 bits per heavy atom. The zero-order chi connectivity index (χ0) is 28.4. The van der Waals surface area contributed by atoms with Crippen molar-refractivity contribution in [2.75, 3.05) is 5.32 Å². The fourth-order valence-electron chi connectivity index (χ4n) is 4.48. The molecule has 204 valence electrons. The lowest BCUT2D eigenvalue weighted by atomic mass is 10.1. The first kappa shape index (κ1) is 26.8. The van der Waals surface area contributed by atoms with Crippen LogP contribution in [-0.4, -0.2) is 36.4 Å². The van der Waals surface area contributed by atoms with Crippen molar-refractivity contribution in [2.24, 2.45) is 5.92 Å². The largest absolute Gasteiger partial charge is 0.455 e. The van der Waals surface area contributed by atoms with E-state index in [0.29, 0.717) is 22.9 Å². The van der Waals surface area contributed by atoms with Gasteiger partial charge in [-0.15, -0.1) is 0 Å². The summed E-state index contributed by atoms with van der Waals surface area (Å²) in [6.07, 6.45) is 2.50. The molecule has 0 spiro atoms. The third-order valence-electron chi connectivity index (χ3n) is 6.82. The van der Waals surface area contributed by atoms with Crippen molar-refractivity contribution in [3.63, 3.8) is 0 Å². The van der Waals surface area contributed by atoms with Crippen LogP contribution in [0.4, 0.5) is 5.82 Å². The van der Waals surface area contributed by atoms with Gasteiger partial charge in [0.2, 0.25) is 0 Å². The highest BCUT2D eigenvalue weighted by Crippen LogP contribution is 2.29. The molecule has 0 saturated carbocycles. The predicted molar refractivity (Wildman–Crippen MR) is 154 cm³/mol. The fourth-order valence-corrected chi connectivity index (χ4v) is 4.48. The quantitative estimate of drug-likeness (QED) is 0.279. The Kier molecular flexibility index (Phi) is 7.48. The molecule has 2 N–H and O–H groups in total. The van der Waals surface area contributed by atoms with Crippen molar-refractivity contribution in [3.8, 4) is 17.2 Å². The van der Waals surface area contributed by atoms with Gasteiger partial charge in [0.15, 0.2) is 0 Å². The van der Waals surface area contributed by atoms with Gasteiger partial charge in [0, 0.05) is 11.6 Å². The van der Waals surface area contributed by atoms with Crippen LogP contribution in [0.5, 0.6) is 11.5 Å². The van der Waals surface area contributed by atoms with E-state index >= 15 is 0 Å². The summed E-state index contributed by atoms with van der Waals surface area (Å²) < 4.78 is 9.13. The number of pyridine rings is 2. The molecule has 3 aromatic heterocycles. The van der Waals surface area contributed by atoms with Crippen LogP contribution in [0, 0.1) is 19.8 Å². The number of ether oxygens (including phenoxy) is 1. The van der Waals surface area contributed by atoms with E-state index in [-0.39, 0.29) is 23.8 Å². The van der Waals surface area contributed by atoms with Gasteiger partial charge >= 0.3 is 0 Å². The van der Waals surface area contributed by atoms with Crippen molar-refractivity contribution in [1.29, 1.82) is 0 Å². The van der Waals surface area contributed by atoms with Crippen molar-refractivity contribution in [1.82, 2.24) is 19.3 Å². The van der Waals surface area contributed by atoms with Gasteiger partial charge in [0.05, 0.1) is 35.7 Å². The van der Waals surface area contributed by atoms with Crippen LogP contribution in [0.15, 0.2) is 83.9 Å². The highest BCUT2D eigenvalue weighted by molar-refractivity contribution is 6.04. The standard InChI is InChI=1S/C31H31N5O4/c1-19(2)26(37)18-35-21(4)29(31(39)36(35)22-8-6-5-7-9-22)30(38)34-28-13-11-23(17-33-28)40-27-14-15-32-25-16-20(3)10-12-24(25)27/h5-17,19,26,37H,18H2,1-4H3,(H,33,34,38)/t26-/m0/s1. The lowest BCUT2D eigenvalue weighted by Gasteiger charge is -2.19. The van der Waals surface area contributed by atoms with Crippen molar-refractivity contribution >= 4 is 22.6 Å². The maximum atomic E-state index is 13.5. The summed E-state index contributed by atoms with van der Waals surface area (Å²) in [5, 5.41) is 14.2. The van der Waals surface area contributed by atoms with Gasteiger partial charge in [-0.2, -0.15) is 0 Å². The minimum Gasteiger partial charge on any atom is -0.455 e. The smallest absolute Gasteiger partial charge is 0.284 e. The summed E-state index contributed by atoms with van der Waals surface area (Å²) in [6.45, 7) is 7.68. The molecular weight excluding hydrogens is 506 g/mol. The average molecular weight is 538 g/mol. The Morgan fingerprint density at radius 3 is 2.50 bits per heavy atom. The number of nitrogens with zero attached hydrogens (tertiary/aromatic N) is 4. The zero-order valence-electron chi connectivity index (χ0n) is 22.8. The summed E-state index contributed by atoms with van der Waals surface area (Å²) in [4.78, 5) is 35.6. The van der Waals surface area contributed by atoms with Crippen LogP contribution in [0.3, 0.4) is 0 Å². The number of nitrogens with one attached hydrogen (secondary N) is 1. The van der Waals surface area contributed by atoms with Crippen LogP contribution in [0.25, 0.3) is 16.6 Å². The molecule has 5 aromatic rings. The van der Waals surface area contributed by atoms with E-state index in [1.165, 1.54) is 10.9 Å². The Hall–Kier alpha value is -4.76. The normalized spacial score (nSPS) is 12.1. The number of aliphatic hydroxyl groups excluding tert-OH is 1. The molecule has 9 nitrogen and oxygen atoms in total. The van der Waals surface area contributed by atoms with Gasteiger partial charge in [-0.25, -0.2) is 9.67 Å². The lowest BCUT2D eigenvalue weighted by Crippen LogP contribution is -2.29. The average Bonchev–Trinajstić information content (AvgIpc) is 3.18. The first-order chi connectivity index (χ1) is 19.2. The maximum absolute atomic E-state index is 13.5. The Balaban J connectivity index is 1.40. The third-order valence-corrected chi connectivity index (χ3v) is 6.82. The molecule has 0 aliphatic carbocycles. The SMILES string of the molecule is Cc1ccc2c(Oc3ccc(NC(=O)c4c(C)n(C[C@H](O)C(C)C)n(-c5ccccc5)c4=O)nc3)ccnc2c1. The topological polar surface area (TPSA) is 111 Å². The minimum absolute atomic E-state index is 0.0134. The second kappa shape index (κ2) is 11.2. The number of hydrogen-bond acceptors (Lipinski definition) is 6. The molecule has 5 rings (SSSR count). The Labute approximate surface area is 231 Å². The highest BCUT2D eigenvalue weighted by atomic mass is 16.5. The van der Waals surface area contributed by atoms with Gasteiger partial charge in [-0.05, 0) is 67.8 Å². The van der Waals surface area contributed by atoms with E-state index in [9.17, 15) is 14.7 Å². The molecule has 2 aromatic carbocycles. The van der Waals surface area contributed by atoms with E-state index in [2.05, 4.69) is 15.3 Å². The second-order valence-corrected chi connectivity index (χ2v) is 10.1. The van der Waals surface area contributed by atoms with Gasteiger partial charge in [-0.3, -0.25) is 19.3 Å². The molecule has 40 heavy (non-hydrogen) atoms. The molecule has 1 atom stereocenters. The molecule has 0 saturated heterocycles. The second-order valence-electron chi connectivity index (χ2n) is 10.1. The van der Waals surface area contributed by atoms with Crippen LogP contribution >= 0.6 is 0 Å². The summed E-state index contributed by atoms with van der Waals surface area (Å²) in [7, 11) is 0. The number of hydrogen-bond donors (Lipinski definition) is 2. The molecule has 0 aliphatic heterocycles. The highest BCUT2D eigenvalue weighted by Gasteiger charge is 2.26. The number of aryl methyl sites for hydroxylation is 1. The lowest BCUT2D eigenvalue weighted by molar-refractivity contribution is 0.0987. The number of rotatable bonds is 8. The number of carbonyl (C=O) groups excluding carboxylic acids is 1. The maximum Gasteiger partial charge on any atom is 0.284 e. The molecule has 0 fully saturated rings. The number of aliphatic hydroxyl groups is 1. The summed E-state index contributed by atoms with van der Waals surface area (Å²) in [5.41, 5.74) is 2.50. The minimum atomic E-state index is -0.702. The number of aromatic nitrogens is 4. The number of para-hydroxylation sites is 1. The van der Waals surface area contributed by atoms with Crippen molar-refractivity contribution < 1.29 is 14.6 Å². The van der Waals surface area contributed by atoms with Crippen LogP contribution in [0.1, 0.15) is 35.5 Å². The number of amides is 1. The fraction of sp³-hybridized carbons (Fsp3) is 0.226. The first-order valence-corrected chi connectivity index (χ1v) is 13.1.